The molecular formula is C7H5B. The maximum atomic E-state index is 4.97. The van der Waals surface area contributed by atoms with Gasteiger partial charge in [-0.3, -0.25) is 0 Å². The summed E-state index contributed by atoms with van der Waals surface area (Å²) in [6, 6.07) is 0. The zero-order chi connectivity index (χ0) is 6.41. The molecule has 0 nitrogen and oxygen atoms in total. The number of hydrogen-bond acceptors (Lipinski definition) is 0. The third-order valence-corrected chi connectivity index (χ3v) is 0.622. The Labute approximate surface area is 50.7 Å². The molecule has 0 radical (unpaired) electrons. The lowest BCUT2D eigenvalue weighted by Gasteiger charge is -1.76. The number of terminal acetylenes is 2. The van der Waals surface area contributed by atoms with E-state index < -0.39 is 0 Å². The van der Waals surface area contributed by atoms with Crippen molar-refractivity contribution >= 4 is 6.71 Å². The fraction of sp³-hybridized carbons (Fsp3) is 0.143. The smallest absolute Gasteiger partial charge is 0.130 e. The summed E-state index contributed by atoms with van der Waals surface area (Å²) in [6.07, 6.45) is 9.95. The Kier molecular flexibility index (Phi) is 3.30. The van der Waals surface area contributed by atoms with Gasteiger partial charge >= 0.3 is 6.71 Å². The fourth-order valence-corrected chi connectivity index (χ4v) is 0.276. The second-order valence-corrected chi connectivity index (χ2v) is 1.16. The average molecular weight is 99.9 g/mol. The predicted octanol–water partition coefficient (Wildman–Crippen LogP) is 0.388. The molecule has 0 heterocycles. The van der Waals surface area contributed by atoms with Crippen LogP contribution in [-0.2, 0) is 0 Å². The predicted molar refractivity (Wildman–Crippen MR) is 36.9 cm³/mol. The van der Waals surface area contributed by atoms with Gasteiger partial charge in [0.15, 0.2) is 0 Å². The van der Waals surface area contributed by atoms with E-state index in [0.717, 1.165) is 0 Å². The van der Waals surface area contributed by atoms with Crippen LogP contribution in [0.3, 0.4) is 0 Å². The third-order valence-electron chi connectivity index (χ3n) is 0.622. The van der Waals surface area contributed by atoms with Gasteiger partial charge in [0.2, 0.25) is 0 Å². The minimum absolute atomic E-state index is 0.306. The quantitative estimate of drug-likeness (QED) is 0.305. The lowest BCUT2D eigenvalue weighted by Crippen LogP contribution is -2.01. The van der Waals surface area contributed by atoms with Gasteiger partial charge in [-0.15, -0.1) is 36.2 Å². The molecular weight excluding hydrogens is 94.9 g/mol. The Morgan fingerprint density at radius 1 is 1.25 bits per heavy atom. The highest BCUT2D eigenvalue weighted by Crippen LogP contribution is 1.69. The molecule has 0 saturated heterocycles. The first-order chi connectivity index (χ1) is 3.85. The molecule has 0 N–H and O–H groups in total. The SMILES string of the molecule is C#CB(C#C)C#CC. The van der Waals surface area contributed by atoms with Crippen molar-refractivity contribution in [1.29, 1.82) is 0 Å². The van der Waals surface area contributed by atoms with Crippen LogP contribution in [0.2, 0.25) is 0 Å². The van der Waals surface area contributed by atoms with Gasteiger partial charge in [0.25, 0.3) is 0 Å². The topological polar surface area (TPSA) is 0 Å². The van der Waals surface area contributed by atoms with Crippen LogP contribution < -0.4 is 0 Å². The van der Waals surface area contributed by atoms with Gasteiger partial charge in [-0.25, -0.2) is 0 Å². The largest absolute Gasteiger partial charge is 0.394 e. The zero-order valence-corrected chi connectivity index (χ0v) is 4.73. The molecule has 0 aromatic rings. The molecule has 0 aromatic heterocycles. The summed E-state index contributed by atoms with van der Waals surface area (Å²) in [5.41, 5.74) is 0. The van der Waals surface area contributed by atoms with Crippen LogP contribution in [0, 0.1) is 36.2 Å². The van der Waals surface area contributed by atoms with E-state index in [0.29, 0.717) is 0 Å². The van der Waals surface area contributed by atoms with Crippen LogP contribution in [0.1, 0.15) is 6.92 Å². The molecule has 0 saturated carbocycles. The van der Waals surface area contributed by atoms with E-state index in [1.807, 2.05) is 0 Å². The van der Waals surface area contributed by atoms with Crippen LogP contribution in [-0.4, -0.2) is 6.71 Å². The first-order valence-electron chi connectivity index (χ1n) is 2.19. The molecule has 0 aromatic carbocycles. The molecule has 0 rings (SSSR count). The number of rotatable bonds is 0. The van der Waals surface area contributed by atoms with E-state index in [9.17, 15) is 0 Å². The fourth-order valence-electron chi connectivity index (χ4n) is 0.276. The molecule has 0 bridgehead atoms. The van der Waals surface area contributed by atoms with E-state index in [2.05, 4.69) is 23.4 Å². The minimum Gasteiger partial charge on any atom is -0.130 e. The van der Waals surface area contributed by atoms with E-state index in [4.69, 9.17) is 12.8 Å². The van der Waals surface area contributed by atoms with Crippen LogP contribution in [0.25, 0.3) is 0 Å². The Hall–Kier alpha value is -1.26. The van der Waals surface area contributed by atoms with Crippen LogP contribution in [0.15, 0.2) is 0 Å². The molecule has 0 aliphatic heterocycles. The first-order valence-corrected chi connectivity index (χ1v) is 2.19. The molecule has 8 heavy (non-hydrogen) atoms. The molecule has 0 amide bonds. The van der Waals surface area contributed by atoms with Gasteiger partial charge in [-0.05, 0) is 6.92 Å². The van der Waals surface area contributed by atoms with Crippen molar-refractivity contribution in [3.05, 3.63) is 0 Å². The zero-order valence-electron chi connectivity index (χ0n) is 4.73. The van der Waals surface area contributed by atoms with Crippen molar-refractivity contribution in [2.24, 2.45) is 0 Å². The highest BCUT2D eigenvalue weighted by atomic mass is 13.5. The summed E-state index contributed by atoms with van der Waals surface area (Å²) >= 11 is 0. The van der Waals surface area contributed by atoms with E-state index in [-0.39, 0.29) is 6.71 Å². The van der Waals surface area contributed by atoms with Crippen molar-refractivity contribution in [1.82, 2.24) is 0 Å². The van der Waals surface area contributed by atoms with Gasteiger partial charge in [0.1, 0.15) is 0 Å². The summed E-state index contributed by atoms with van der Waals surface area (Å²) in [6.45, 7) is 1.40. The Morgan fingerprint density at radius 2 is 1.75 bits per heavy atom. The summed E-state index contributed by atoms with van der Waals surface area (Å²) < 4.78 is 0. The van der Waals surface area contributed by atoms with Crippen molar-refractivity contribution in [3.8, 4) is 36.2 Å². The lowest BCUT2D eigenvalue weighted by molar-refractivity contribution is 1.93. The third kappa shape index (κ3) is 2.02. The maximum absolute atomic E-state index is 4.97. The average Bonchev–Trinajstić information content (AvgIpc) is 1.83. The molecule has 36 valence electrons. The molecule has 0 atom stereocenters. The van der Waals surface area contributed by atoms with Gasteiger partial charge in [-0.2, -0.15) is 0 Å². The normalized spacial score (nSPS) is 4.88. The monoisotopic (exact) mass is 100 g/mol. The second kappa shape index (κ2) is 3.92. The van der Waals surface area contributed by atoms with E-state index in [1.165, 1.54) is 0 Å². The van der Waals surface area contributed by atoms with Crippen molar-refractivity contribution in [2.75, 3.05) is 0 Å². The molecule has 1 heteroatoms. The Bertz CT molecular complexity index is 177. The van der Waals surface area contributed by atoms with Crippen LogP contribution in [0.5, 0.6) is 0 Å². The molecule has 0 aliphatic rings. The Balaban J connectivity index is 3.95. The molecule has 0 aliphatic carbocycles. The molecule has 0 spiro atoms. The van der Waals surface area contributed by atoms with Crippen molar-refractivity contribution in [3.63, 3.8) is 0 Å². The summed E-state index contributed by atoms with van der Waals surface area (Å²) in [5, 5.41) is 0. The Morgan fingerprint density at radius 3 is 1.88 bits per heavy atom. The number of hydrogen-bond donors (Lipinski definition) is 0. The van der Waals surface area contributed by atoms with E-state index in [1.54, 1.807) is 6.92 Å². The minimum atomic E-state index is -0.306. The van der Waals surface area contributed by atoms with Crippen molar-refractivity contribution in [2.45, 2.75) is 6.92 Å². The molecule has 0 unspecified atom stereocenters. The van der Waals surface area contributed by atoms with Gasteiger partial charge in [0.05, 0.1) is 0 Å². The van der Waals surface area contributed by atoms with Gasteiger partial charge in [-0.1, -0.05) is 0 Å². The van der Waals surface area contributed by atoms with Gasteiger partial charge in [0, 0.05) is 0 Å². The summed E-state index contributed by atoms with van der Waals surface area (Å²) in [4.78, 5) is 0. The van der Waals surface area contributed by atoms with Crippen LogP contribution >= 0.6 is 0 Å². The first kappa shape index (κ1) is 6.74. The molecule has 0 fully saturated rings. The summed E-state index contributed by atoms with van der Waals surface area (Å²) in [5.74, 6) is 9.98. The highest BCUT2D eigenvalue weighted by molar-refractivity contribution is 6.82. The standard InChI is InChI=1S/C7H5B/c1-4-7-8(5-2)6-3/h2-3H,1H3. The second-order valence-electron chi connectivity index (χ2n) is 1.16. The van der Waals surface area contributed by atoms with Crippen LogP contribution in [0.4, 0.5) is 0 Å². The van der Waals surface area contributed by atoms with Crippen molar-refractivity contribution < 1.29 is 0 Å². The highest BCUT2D eigenvalue weighted by Gasteiger charge is 1.97. The maximum Gasteiger partial charge on any atom is 0.394 e. The lowest BCUT2D eigenvalue weighted by atomic mass is 9.53. The van der Waals surface area contributed by atoms with Gasteiger partial charge < -0.3 is 0 Å². The summed E-state index contributed by atoms with van der Waals surface area (Å²) in [7, 11) is 0. The van der Waals surface area contributed by atoms with E-state index >= 15 is 0 Å².